The largest absolute Gasteiger partial charge is 0.490 e. The first-order chi connectivity index (χ1) is 10.5. The zero-order valence-electron chi connectivity index (χ0n) is 11.6. The minimum absolute atomic E-state index is 0.248. The SMILES string of the molecule is CCOc1cc(C=O)cc(Br)c1OC(=O)c1cccc(Br)c1. The highest BCUT2D eigenvalue weighted by Gasteiger charge is 2.17. The third kappa shape index (κ3) is 3.96. The minimum Gasteiger partial charge on any atom is -0.490 e. The lowest BCUT2D eigenvalue weighted by atomic mass is 10.2. The summed E-state index contributed by atoms with van der Waals surface area (Å²) in [7, 11) is 0. The van der Waals surface area contributed by atoms with Crippen LogP contribution in [0.25, 0.3) is 0 Å². The first-order valence-electron chi connectivity index (χ1n) is 6.44. The van der Waals surface area contributed by atoms with Crippen molar-refractivity contribution in [3.63, 3.8) is 0 Å². The van der Waals surface area contributed by atoms with Gasteiger partial charge in [-0.3, -0.25) is 4.79 Å². The maximum atomic E-state index is 12.2. The molecule has 2 rings (SSSR count). The Morgan fingerprint density at radius 3 is 2.64 bits per heavy atom. The van der Waals surface area contributed by atoms with Crippen molar-refractivity contribution in [3.8, 4) is 11.5 Å². The van der Waals surface area contributed by atoms with Gasteiger partial charge < -0.3 is 9.47 Å². The smallest absolute Gasteiger partial charge is 0.343 e. The molecule has 0 bridgehead atoms. The fraction of sp³-hybridized carbons (Fsp3) is 0.125. The maximum absolute atomic E-state index is 12.2. The normalized spacial score (nSPS) is 10.1. The molecule has 22 heavy (non-hydrogen) atoms. The molecular weight excluding hydrogens is 416 g/mol. The van der Waals surface area contributed by atoms with Gasteiger partial charge in [0.15, 0.2) is 11.5 Å². The molecule has 0 amide bonds. The van der Waals surface area contributed by atoms with Crippen LogP contribution in [0.2, 0.25) is 0 Å². The molecule has 6 heteroatoms. The zero-order chi connectivity index (χ0) is 16.1. The second-order valence-electron chi connectivity index (χ2n) is 4.28. The van der Waals surface area contributed by atoms with Gasteiger partial charge >= 0.3 is 5.97 Å². The van der Waals surface area contributed by atoms with E-state index in [9.17, 15) is 9.59 Å². The van der Waals surface area contributed by atoms with Gasteiger partial charge in [0.2, 0.25) is 0 Å². The Kier molecular flexibility index (Phi) is 5.74. The molecule has 0 aliphatic heterocycles. The van der Waals surface area contributed by atoms with E-state index in [1.54, 1.807) is 31.2 Å². The fourth-order valence-corrected chi connectivity index (χ4v) is 2.72. The predicted molar refractivity (Wildman–Crippen MR) is 89.8 cm³/mol. The minimum atomic E-state index is -0.512. The van der Waals surface area contributed by atoms with Crippen LogP contribution in [0.4, 0.5) is 0 Å². The van der Waals surface area contributed by atoms with Crippen LogP contribution in [0, 0.1) is 0 Å². The number of aldehydes is 1. The van der Waals surface area contributed by atoms with Gasteiger partial charge in [-0.15, -0.1) is 0 Å². The number of ether oxygens (including phenoxy) is 2. The Morgan fingerprint density at radius 2 is 2.00 bits per heavy atom. The molecule has 0 unspecified atom stereocenters. The van der Waals surface area contributed by atoms with Gasteiger partial charge in [-0.2, -0.15) is 0 Å². The van der Waals surface area contributed by atoms with E-state index in [2.05, 4.69) is 31.9 Å². The second-order valence-corrected chi connectivity index (χ2v) is 6.05. The number of halogens is 2. The molecule has 114 valence electrons. The van der Waals surface area contributed by atoms with Crippen molar-refractivity contribution < 1.29 is 19.1 Å². The molecule has 0 spiro atoms. The number of benzene rings is 2. The second kappa shape index (κ2) is 7.56. The van der Waals surface area contributed by atoms with E-state index in [0.29, 0.717) is 34.2 Å². The molecule has 0 saturated heterocycles. The molecule has 2 aromatic carbocycles. The van der Waals surface area contributed by atoms with Crippen LogP contribution in [0.1, 0.15) is 27.6 Å². The van der Waals surface area contributed by atoms with Crippen molar-refractivity contribution in [2.45, 2.75) is 6.92 Å². The van der Waals surface area contributed by atoms with Crippen molar-refractivity contribution in [1.82, 2.24) is 0 Å². The van der Waals surface area contributed by atoms with Crippen molar-refractivity contribution in [3.05, 3.63) is 56.5 Å². The summed E-state index contributed by atoms with van der Waals surface area (Å²) in [6, 6.07) is 9.98. The van der Waals surface area contributed by atoms with Crippen LogP contribution in [-0.4, -0.2) is 18.9 Å². The molecule has 4 nitrogen and oxygen atoms in total. The van der Waals surface area contributed by atoms with Crippen molar-refractivity contribution in [1.29, 1.82) is 0 Å². The standard InChI is InChI=1S/C16H12Br2O4/c1-2-21-14-7-10(9-19)6-13(18)15(14)22-16(20)11-4-3-5-12(17)8-11/h3-9H,2H2,1H3. The third-order valence-electron chi connectivity index (χ3n) is 2.72. The van der Waals surface area contributed by atoms with E-state index in [0.717, 1.165) is 4.47 Å². The molecule has 0 atom stereocenters. The van der Waals surface area contributed by atoms with Gasteiger partial charge in [0, 0.05) is 10.0 Å². The Balaban J connectivity index is 2.35. The van der Waals surface area contributed by atoms with Crippen LogP contribution >= 0.6 is 31.9 Å². The summed E-state index contributed by atoms with van der Waals surface area (Å²) in [5.41, 5.74) is 0.834. The topological polar surface area (TPSA) is 52.6 Å². The van der Waals surface area contributed by atoms with Crippen LogP contribution in [0.3, 0.4) is 0 Å². The summed E-state index contributed by atoms with van der Waals surface area (Å²) >= 11 is 6.61. The highest BCUT2D eigenvalue weighted by Crippen LogP contribution is 2.37. The van der Waals surface area contributed by atoms with Gasteiger partial charge in [0.25, 0.3) is 0 Å². The van der Waals surface area contributed by atoms with Crippen LogP contribution in [0.15, 0.2) is 45.3 Å². The van der Waals surface area contributed by atoms with Crippen molar-refractivity contribution in [2.24, 2.45) is 0 Å². The molecule has 0 aromatic heterocycles. The molecule has 0 radical (unpaired) electrons. The Labute approximate surface area is 144 Å². The van der Waals surface area contributed by atoms with Crippen LogP contribution in [0.5, 0.6) is 11.5 Å². The number of carbonyl (C=O) groups excluding carboxylic acids is 2. The lowest BCUT2D eigenvalue weighted by Gasteiger charge is -2.13. The zero-order valence-corrected chi connectivity index (χ0v) is 14.8. The van der Waals surface area contributed by atoms with Gasteiger partial charge in [-0.1, -0.05) is 22.0 Å². The highest BCUT2D eigenvalue weighted by molar-refractivity contribution is 9.10. The third-order valence-corrected chi connectivity index (χ3v) is 3.81. The summed E-state index contributed by atoms with van der Waals surface area (Å²) in [5.74, 6) is 0.0709. The van der Waals surface area contributed by atoms with E-state index in [1.165, 1.54) is 6.07 Å². The number of carbonyl (C=O) groups is 2. The average Bonchev–Trinajstić information content (AvgIpc) is 2.50. The summed E-state index contributed by atoms with van der Waals surface area (Å²) < 4.78 is 12.1. The highest BCUT2D eigenvalue weighted by atomic mass is 79.9. The van der Waals surface area contributed by atoms with Gasteiger partial charge in [0.1, 0.15) is 6.29 Å². The van der Waals surface area contributed by atoms with Crippen LogP contribution < -0.4 is 9.47 Å². The molecule has 0 N–H and O–H groups in total. The predicted octanol–water partition coefficient (Wildman–Crippen LogP) is 4.64. The molecule has 0 fully saturated rings. The van der Waals surface area contributed by atoms with E-state index >= 15 is 0 Å². The molecule has 0 heterocycles. The van der Waals surface area contributed by atoms with Gasteiger partial charge in [-0.25, -0.2) is 4.79 Å². The Morgan fingerprint density at radius 1 is 1.23 bits per heavy atom. The first-order valence-corrected chi connectivity index (χ1v) is 8.03. The van der Waals surface area contributed by atoms with Gasteiger partial charge in [0.05, 0.1) is 16.6 Å². The number of rotatable bonds is 5. The summed E-state index contributed by atoms with van der Waals surface area (Å²) in [5, 5.41) is 0. The van der Waals surface area contributed by atoms with Crippen molar-refractivity contribution in [2.75, 3.05) is 6.61 Å². The first kappa shape index (κ1) is 16.7. The molecule has 2 aromatic rings. The van der Waals surface area contributed by atoms with Crippen LogP contribution in [-0.2, 0) is 0 Å². The Hall–Kier alpha value is -1.66. The summed E-state index contributed by atoms with van der Waals surface area (Å²) in [4.78, 5) is 23.2. The summed E-state index contributed by atoms with van der Waals surface area (Å²) in [6.45, 7) is 2.19. The number of hydrogen-bond acceptors (Lipinski definition) is 4. The van der Waals surface area contributed by atoms with E-state index in [1.807, 2.05) is 6.07 Å². The molecule has 0 saturated carbocycles. The molecule has 0 aliphatic carbocycles. The van der Waals surface area contributed by atoms with E-state index in [4.69, 9.17) is 9.47 Å². The maximum Gasteiger partial charge on any atom is 0.343 e. The van der Waals surface area contributed by atoms with E-state index in [-0.39, 0.29) is 5.75 Å². The van der Waals surface area contributed by atoms with Gasteiger partial charge in [-0.05, 0) is 53.2 Å². The lowest BCUT2D eigenvalue weighted by molar-refractivity contribution is 0.0727. The van der Waals surface area contributed by atoms with Crippen molar-refractivity contribution >= 4 is 44.1 Å². The monoisotopic (exact) mass is 426 g/mol. The molecular formula is C16H12Br2O4. The number of esters is 1. The quantitative estimate of drug-likeness (QED) is 0.396. The fourth-order valence-electron chi connectivity index (χ4n) is 1.79. The number of hydrogen-bond donors (Lipinski definition) is 0. The van der Waals surface area contributed by atoms with E-state index < -0.39 is 5.97 Å². The Bertz CT molecular complexity index is 713. The molecule has 0 aliphatic rings. The summed E-state index contributed by atoms with van der Waals surface area (Å²) in [6.07, 6.45) is 0.702. The average molecular weight is 428 g/mol. The lowest BCUT2D eigenvalue weighted by Crippen LogP contribution is -2.10.